The van der Waals surface area contributed by atoms with E-state index in [-0.39, 0.29) is 17.2 Å². The Kier molecular flexibility index (Phi) is 6.98. The molecule has 0 spiro atoms. The van der Waals surface area contributed by atoms with Crippen molar-refractivity contribution >= 4 is 27.3 Å². The number of tetrazole rings is 1. The Balaban J connectivity index is 1.32. The van der Waals surface area contributed by atoms with E-state index in [9.17, 15) is 13.2 Å². The summed E-state index contributed by atoms with van der Waals surface area (Å²) in [6.07, 6.45) is 0.775. The first-order chi connectivity index (χ1) is 16.4. The van der Waals surface area contributed by atoms with Crippen LogP contribution in [-0.2, 0) is 21.4 Å². The van der Waals surface area contributed by atoms with Crippen LogP contribution in [0.25, 0.3) is 11.4 Å². The van der Waals surface area contributed by atoms with Gasteiger partial charge in [-0.15, -0.1) is 10.2 Å². The number of aryl methyl sites for hydroxylation is 2. The summed E-state index contributed by atoms with van der Waals surface area (Å²) in [4.78, 5) is 14.1. The quantitative estimate of drug-likeness (QED) is 0.379. The highest BCUT2D eigenvalue weighted by Gasteiger charge is 2.15. The van der Waals surface area contributed by atoms with Crippen LogP contribution in [0.1, 0.15) is 18.4 Å². The smallest absolute Gasteiger partial charge is 0.261 e. The SMILES string of the molecule is Cc1ccc(NC(=O)CCCn2nnc(-c3ccccc3)n2)cc1NS(=O)(=O)c1ccccc1. The lowest BCUT2D eigenvalue weighted by Crippen LogP contribution is -2.15. The highest BCUT2D eigenvalue weighted by atomic mass is 32.2. The van der Waals surface area contributed by atoms with Crippen LogP contribution in [0.2, 0.25) is 0 Å². The van der Waals surface area contributed by atoms with Crippen LogP contribution in [0.4, 0.5) is 11.4 Å². The van der Waals surface area contributed by atoms with Crippen molar-refractivity contribution in [3.05, 3.63) is 84.4 Å². The van der Waals surface area contributed by atoms with Crippen molar-refractivity contribution in [2.75, 3.05) is 10.0 Å². The minimum Gasteiger partial charge on any atom is -0.326 e. The van der Waals surface area contributed by atoms with Crippen LogP contribution < -0.4 is 10.0 Å². The molecule has 1 heterocycles. The second-order valence-electron chi connectivity index (χ2n) is 7.67. The van der Waals surface area contributed by atoms with Crippen molar-refractivity contribution in [3.8, 4) is 11.4 Å². The molecule has 174 valence electrons. The van der Waals surface area contributed by atoms with Gasteiger partial charge < -0.3 is 5.32 Å². The van der Waals surface area contributed by atoms with Gasteiger partial charge in [-0.25, -0.2) is 8.42 Å². The number of nitrogens with one attached hydrogen (secondary N) is 2. The summed E-state index contributed by atoms with van der Waals surface area (Å²) in [6, 6.07) is 22.8. The van der Waals surface area contributed by atoms with Gasteiger partial charge in [0.2, 0.25) is 11.7 Å². The van der Waals surface area contributed by atoms with Gasteiger partial charge in [0.25, 0.3) is 10.0 Å². The molecule has 1 aromatic heterocycles. The lowest BCUT2D eigenvalue weighted by molar-refractivity contribution is -0.116. The Bertz CT molecular complexity index is 1370. The predicted octanol–water partition coefficient (Wildman–Crippen LogP) is 3.87. The molecule has 9 nitrogen and oxygen atoms in total. The maximum atomic E-state index is 12.6. The number of nitrogens with zero attached hydrogens (tertiary/aromatic N) is 4. The summed E-state index contributed by atoms with van der Waals surface area (Å²) < 4.78 is 27.9. The van der Waals surface area contributed by atoms with E-state index in [4.69, 9.17) is 0 Å². The van der Waals surface area contributed by atoms with E-state index in [1.54, 1.807) is 43.3 Å². The summed E-state index contributed by atoms with van der Waals surface area (Å²) in [6.45, 7) is 2.24. The van der Waals surface area contributed by atoms with Gasteiger partial charge in [0.05, 0.1) is 17.1 Å². The lowest BCUT2D eigenvalue weighted by Gasteiger charge is -2.13. The summed E-state index contributed by atoms with van der Waals surface area (Å²) in [5.41, 5.74) is 2.53. The summed E-state index contributed by atoms with van der Waals surface area (Å²) in [7, 11) is -3.73. The largest absolute Gasteiger partial charge is 0.326 e. The Morgan fingerprint density at radius 1 is 0.971 bits per heavy atom. The van der Waals surface area contributed by atoms with Crippen LogP contribution in [0.5, 0.6) is 0 Å². The number of hydrogen-bond acceptors (Lipinski definition) is 6. The molecule has 0 atom stereocenters. The Labute approximate surface area is 197 Å². The van der Waals surface area contributed by atoms with Gasteiger partial charge in [-0.05, 0) is 48.4 Å². The van der Waals surface area contributed by atoms with Crippen LogP contribution in [0.15, 0.2) is 83.8 Å². The molecule has 0 radical (unpaired) electrons. The molecule has 0 aliphatic rings. The molecular weight excluding hydrogens is 452 g/mol. The van der Waals surface area contributed by atoms with Crippen molar-refractivity contribution in [1.82, 2.24) is 20.2 Å². The molecule has 34 heavy (non-hydrogen) atoms. The average molecular weight is 477 g/mol. The molecule has 0 fully saturated rings. The molecule has 1 amide bonds. The Morgan fingerprint density at radius 2 is 1.68 bits per heavy atom. The maximum Gasteiger partial charge on any atom is 0.261 e. The fourth-order valence-corrected chi connectivity index (χ4v) is 4.40. The number of sulfonamides is 1. The van der Waals surface area contributed by atoms with Crippen molar-refractivity contribution in [2.24, 2.45) is 0 Å². The molecule has 0 unspecified atom stereocenters. The van der Waals surface area contributed by atoms with E-state index in [0.29, 0.717) is 30.2 Å². The van der Waals surface area contributed by atoms with Gasteiger partial charge in [0, 0.05) is 17.7 Å². The van der Waals surface area contributed by atoms with E-state index >= 15 is 0 Å². The van der Waals surface area contributed by atoms with Gasteiger partial charge in [-0.3, -0.25) is 9.52 Å². The Morgan fingerprint density at radius 3 is 2.41 bits per heavy atom. The fourth-order valence-electron chi connectivity index (χ4n) is 3.26. The van der Waals surface area contributed by atoms with Gasteiger partial charge in [0.15, 0.2) is 0 Å². The summed E-state index contributed by atoms with van der Waals surface area (Å²) in [5, 5.41) is 15.2. The first kappa shape index (κ1) is 23.1. The monoisotopic (exact) mass is 476 g/mol. The van der Waals surface area contributed by atoms with E-state index in [1.807, 2.05) is 30.3 Å². The molecule has 4 aromatic rings. The van der Waals surface area contributed by atoms with Gasteiger partial charge in [-0.1, -0.05) is 54.6 Å². The van der Waals surface area contributed by atoms with E-state index in [0.717, 1.165) is 11.1 Å². The normalized spacial score (nSPS) is 11.2. The molecule has 0 aliphatic heterocycles. The number of amides is 1. The second-order valence-corrected chi connectivity index (χ2v) is 9.36. The zero-order valence-corrected chi connectivity index (χ0v) is 19.4. The number of anilines is 2. The number of hydrogen-bond donors (Lipinski definition) is 2. The molecule has 0 bridgehead atoms. The van der Waals surface area contributed by atoms with Crippen molar-refractivity contribution in [3.63, 3.8) is 0 Å². The molecular formula is C24H24N6O3S. The minimum atomic E-state index is -3.73. The third-order valence-corrected chi connectivity index (χ3v) is 6.45. The number of carbonyl (C=O) groups excluding carboxylic acids is 1. The standard InChI is InChI=1S/C24H24N6O3S/c1-18-14-15-20(17-22(18)28-34(32,33)21-11-6-3-7-12-21)25-23(31)13-8-16-30-27-24(26-29-30)19-9-4-2-5-10-19/h2-7,9-12,14-15,17,28H,8,13,16H2,1H3,(H,25,31). The number of benzene rings is 3. The topological polar surface area (TPSA) is 119 Å². The molecule has 0 saturated heterocycles. The maximum absolute atomic E-state index is 12.6. The van der Waals surface area contributed by atoms with Crippen molar-refractivity contribution in [1.29, 1.82) is 0 Å². The van der Waals surface area contributed by atoms with Gasteiger partial charge in [0.1, 0.15) is 0 Å². The van der Waals surface area contributed by atoms with Crippen molar-refractivity contribution in [2.45, 2.75) is 31.2 Å². The predicted molar refractivity (Wildman–Crippen MR) is 130 cm³/mol. The first-order valence-corrected chi connectivity index (χ1v) is 12.2. The third kappa shape index (κ3) is 5.84. The Hall–Kier alpha value is -4.05. The highest BCUT2D eigenvalue weighted by Crippen LogP contribution is 2.24. The molecule has 10 heteroatoms. The lowest BCUT2D eigenvalue weighted by atomic mass is 10.2. The number of rotatable bonds is 9. The molecule has 4 rings (SSSR count). The minimum absolute atomic E-state index is 0.168. The highest BCUT2D eigenvalue weighted by molar-refractivity contribution is 7.92. The van der Waals surface area contributed by atoms with Crippen molar-refractivity contribution < 1.29 is 13.2 Å². The fraction of sp³-hybridized carbons (Fsp3) is 0.167. The van der Waals surface area contributed by atoms with Gasteiger partial charge in [-0.2, -0.15) is 4.80 Å². The van der Waals surface area contributed by atoms with E-state index in [2.05, 4.69) is 25.4 Å². The second kappa shape index (κ2) is 10.3. The van der Waals surface area contributed by atoms with Crippen LogP contribution in [-0.4, -0.2) is 34.5 Å². The summed E-state index contributed by atoms with van der Waals surface area (Å²) in [5.74, 6) is 0.347. The molecule has 3 aromatic carbocycles. The van der Waals surface area contributed by atoms with Crippen LogP contribution in [0, 0.1) is 6.92 Å². The molecule has 2 N–H and O–H groups in total. The first-order valence-electron chi connectivity index (χ1n) is 10.7. The van der Waals surface area contributed by atoms with Crippen LogP contribution >= 0.6 is 0 Å². The summed E-state index contributed by atoms with van der Waals surface area (Å²) >= 11 is 0. The molecule has 0 saturated carbocycles. The number of aromatic nitrogens is 4. The zero-order valence-electron chi connectivity index (χ0n) is 18.5. The zero-order chi connectivity index (χ0) is 24.0. The third-order valence-electron chi connectivity index (χ3n) is 5.07. The molecule has 0 aliphatic carbocycles. The van der Waals surface area contributed by atoms with E-state index < -0.39 is 10.0 Å². The van der Waals surface area contributed by atoms with Gasteiger partial charge >= 0.3 is 0 Å². The van der Waals surface area contributed by atoms with Crippen LogP contribution in [0.3, 0.4) is 0 Å². The average Bonchev–Trinajstić information content (AvgIpc) is 3.31. The van der Waals surface area contributed by atoms with E-state index in [1.165, 1.54) is 16.9 Å². The number of carbonyl (C=O) groups is 1.